The first-order valence-corrected chi connectivity index (χ1v) is 34.0. The summed E-state index contributed by atoms with van der Waals surface area (Å²) in [5.41, 5.74) is 20.9. The van der Waals surface area contributed by atoms with Gasteiger partial charge in [0.05, 0.1) is 62.7 Å². The number of rotatable bonds is 33. The molecule has 3 heterocycles. The number of unbranched alkanes of at least 4 members (excludes halogenated alkanes) is 1. The highest BCUT2D eigenvalue weighted by Crippen LogP contribution is 2.37. The average Bonchev–Trinajstić information content (AvgIpc) is 1.76. The highest BCUT2D eigenvalue weighted by atomic mass is 19.3. The van der Waals surface area contributed by atoms with E-state index in [0.717, 1.165) is 4.90 Å². The smallest absolute Gasteiger partial charge is 0.412 e. The maximum atomic E-state index is 16.1. The number of nitrogens with zero attached hydrogens (tertiary/aromatic N) is 7. The van der Waals surface area contributed by atoms with Crippen molar-refractivity contribution in [2.45, 2.75) is 188 Å². The van der Waals surface area contributed by atoms with Crippen LogP contribution in [0.5, 0.6) is 0 Å². The van der Waals surface area contributed by atoms with E-state index in [2.05, 4.69) is 41.3 Å². The maximum absolute atomic E-state index is 16.1. The van der Waals surface area contributed by atoms with E-state index in [0.29, 0.717) is 28.7 Å². The first kappa shape index (κ1) is 79.7. The van der Waals surface area contributed by atoms with Crippen LogP contribution in [0.4, 0.5) is 28.0 Å². The Labute approximate surface area is 601 Å². The topological polar surface area (TPSA) is 457 Å². The van der Waals surface area contributed by atoms with Crippen molar-refractivity contribution in [2.24, 2.45) is 10.2 Å². The first-order valence-electron chi connectivity index (χ1n) is 34.0. The predicted molar refractivity (Wildman–Crippen MR) is 361 cm³/mol. The van der Waals surface area contributed by atoms with Crippen LogP contribution in [0.3, 0.4) is 0 Å². The van der Waals surface area contributed by atoms with E-state index in [4.69, 9.17) is 57.6 Å². The fourth-order valence-electron chi connectivity index (χ4n) is 12.2. The zero-order chi connectivity index (χ0) is 74.8. The zero-order valence-electron chi connectivity index (χ0n) is 56.9. The number of aliphatic hydroxyl groups is 6. The monoisotopic (exact) mass is 1470 g/mol. The highest BCUT2D eigenvalue weighted by molar-refractivity contribution is 5.82. The molecule has 105 heavy (non-hydrogen) atoms. The number of hydrogen-bond acceptors (Lipinski definition) is 24. The number of azide groups is 2. The van der Waals surface area contributed by atoms with Gasteiger partial charge < -0.3 is 104 Å². The summed E-state index contributed by atoms with van der Waals surface area (Å²) in [6.07, 6.45) is -33.5. The summed E-state index contributed by atoms with van der Waals surface area (Å²) in [6, 6.07) is 35.2. The van der Waals surface area contributed by atoms with E-state index >= 15 is 8.78 Å². The third-order valence-electron chi connectivity index (χ3n) is 17.6. The van der Waals surface area contributed by atoms with Crippen molar-refractivity contribution < 1.29 is 115 Å². The van der Waals surface area contributed by atoms with E-state index in [9.17, 15) is 60.1 Å². The van der Waals surface area contributed by atoms with Gasteiger partial charge in [0, 0.05) is 34.8 Å². The van der Waals surface area contributed by atoms with Crippen molar-refractivity contribution in [3.8, 4) is 0 Å². The van der Waals surface area contributed by atoms with Crippen LogP contribution in [0.25, 0.3) is 20.9 Å². The van der Waals surface area contributed by atoms with Gasteiger partial charge in [0.2, 0.25) is 0 Å². The fourth-order valence-corrected chi connectivity index (χ4v) is 12.2. The number of amides is 5. The molecule has 9 rings (SSSR count). The standard InChI is InChI=1S/C70H85F2N11O22/c1-2-3-29-95-60(70(71,72)40-76-82-74)61(89)77-48-32-49(78-66(91)96-36-41-19-9-4-10-20-41)57(103-63-53(50(85)30-46(100-63)33-75-81-73)79-67(92)97-37-42-21-11-5-12-22-42)59(55(48)87)105-65-56(88)58(52(35-84)102-65)104-64-54(80-68(93)98-38-43-23-13-6-14-24-43)51(86)31-47(101-64)34-83(62(90)45-27-17-8-18-28-45)69(94)99-39-44-25-15-7-16-26-44/h4-28,46-60,62-65,84-88,90H,2-3,29-40H2,1H3,(H,77,89)(H,78,91)(H,79,92)(H,80,93)/t46-,47+,48+,49-,50+,51-,52+,53+,54+,55-,56+,57+,58+,59+,60+,62?,63+,64+,65-/m0/s1. The van der Waals surface area contributed by atoms with E-state index in [1.54, 1.807) is 159 Å². The number of alkyl halides is 2. The second-order valence-electron chi connectivity index (χ2n) is 25.1. The molecule has 5 aromatic carbocycles. The van der Waals surface area contributed by atoms with Gasteiger partial charge in [-0.15, -0.1) is 0 Å². The third kappa shape index (κ3) is 22.8. The van der Waals surface area contributed by atoms with Crippen LogP contribution < -0.4 is 21.3 Å². The molecule has 0 spiro atoms. The summed E-state index contributed by atoms with van der Waals surface area (Å²) in [4.78, 5) is 76.4. The van der Waals surface area contributed by atoms with Crippen LogP contribution in [0.1, 0.15) is 73.1 Å². The summed E-state index contributed by atoms with van der Waals surface area (Å²) >= 11 is 0. The van der Waals surface area contributed by atoms with Gasteiger partial charge in [-0.05, 0) is 46.2 Å². The van der Waals surface area contributed by atoms with E-state index in [1.165, 1.54) is 0 Å². The van der Waals surface area contributed by atoms with Crippen LogP contribution in [0.15, 0.2) is 162 Å². The normalized spacial score (nSPS) is 27.1. The predicted octanol–water partition coefficient (Wildman–Crippen LogP) is 6.08. The first-order chi connectivity index (χ1) is 50.7. The van der Waals surface area contributed by atoms with E-state index < -0.39 is 192 Å². The van der Waals surface area contributed by atoms with Crippen LogP contribution in [0, 0.1) is 0 Å². The highest BCUT2D eigenvalue weighted by Gasteiger charge is 2.57. The number of halogens is 2. The molecular weight excluding hydrogens is 1380 g/mol. The van der Waals surface area contributed by atoms with Crippen molar-refractivity contribution in [3.63, 3.8) is 0 Å². The molecule has 1 aliphatic carbocycles. The lowest BCUT2D eigenvalue weighted by atomic mass is 9.83. The Hall–Kier alpha value is -9.39. The van der Waals surface area contributed by atoms with Gasteiger partial charge in [-0.3, -0.25) is 9.69 Å². The largest absolute Gasteiger partial charge is 0.445 e. The summed E-state index contributed by atoms with van der Waals surface area (Å²) in [5, 5.41) is 89.1. The molecule has 3 saturated heterocycles. The van der Waals surface area contributed by atoms with Crippen LogP contribution >= 0.6 is 0 Å². The molecule has 5 aromatic rings. The SMILES string of the molecule is CCCCO[C@H](C(=O)N[C@@H]1C[C@H](NC(=O)OCc2ccccc2)[C@@H](O[C@H]2O[C@H](CN=[N+]=[N-])C[C@@H](O)[C@H]2NC(=O)OCc2ccccc2)[C@H](O[C@@H]2O[C@H](CO)[C@@H](O[C@H]3O[C@@H](CN(C(=O)OCc4ccccc4)C(O)c4ccccc4)C[C@H](O)[C@H]3NC(=O)OCc3ccccc3)[C@H]2O)[C@H]1O)C(F)(F)CN=[N+]=[N-]. The Morgan fingerprint density at radius 1 is 0.581 bits per heavy atom. The number of benzene rings is 5. The summed E-state index contributed by atoms with van der Waals surface area (Å²) in [7, 11) is 0. The van der Waals surface area contributed by atoms with Gasteiger partial charge >= 0.3 is 24.4 Å². The molecule has 566 valence electrons. The number of hydrogen-bond donors (Lipinski definition) is 10. The number of carbonyl (C=O) groups is 5. The minimum absolute atomic E-state index is 0.182. The quantitative estimate of drug-likeness (QED) is 0.00568. The molecule has 1 saturated carbocycles. The molecule has 4 fully saturated rings. The lowest BCUT2D eigenvalue weighted by Crippen LogP contribution is -2.69. The molecule has 0 bridgehead atoms. The summed E-state index contributed by atoms with van der Waals surface area (Å²) < 4.78 is 98.6. The Balaban J connectivity index is 1.07. The number of ether oxygens (including phenoxy) is 11. The molecule has 1 unspecified atom stereocenters. The van der Waals surface area contributed by atoms with Crippen LogP contribution in [-0.2, 0) is 83.3 Å². The van der Waals surface area contributed by atoms with Crippen molar-refractivity contribution in [1.82, 2.24) is 26.2 Å². The second kappa shape index (κ2) is 39.6. The molecule has 0 radical (unpaired) electrons. The molecule has 19 atom stereocenters. The van der Waals surface area contributed by atoms with Crippen molar-refractivity contribution in [3.05, 3.63) is 200 Å². The van der Waals surface area contributed by atoms with Gasteiger partial charge in [0.25, 0.3) is 11.8 Å². The van der Waals surface area contributed by atoms with Crippen molar-refractivity contribution in [1.29, 1.82) is 0 Å². The van der Waals surface area contributed by atoms with Gasteiger partial charge in [-0.25, -0.2) is 28.0 Å². The lowest BCUT2D eigenvalue weighted by Gasteiger charge is -2.48. The molecule has 35 heteroatoms. The Bertz CT molecular complexity index is 3650. The number of carbonyl (C=O) groups excluding carboxylic acids is 5. The molecule has 0 aromatic heterocycles. The number of aliphatic hydroxyl groups excluding tert-OH is 6. The van der Waals surface area contributed by atoms with Gasteiger partial charge in [-0.1, -0.05) is 175 Å². The van der Waals surface area contributed by atoms with Crippen molar-refractivity contribution in [2.75, 3.05) is 32.8 Å². The number of alkyl carbamates (subject to hydrolysis) is 3. The van der Waals surface area contributed by atoms with E-state index in [-0.39, 0.29) is 51.3 Å². The van der Waals surface area contributed by atoms with Crippen molar-refractivity contribution >= 4 is 30.3 Å². The average molecular weight is 1470 g/mol. The molecule has 10 N–H and O–H groups in total. The van der Waals surface area contributed by atoms with E-state index in [1.807, 2.05) is 0 Å². The Morgan fingerprint density at radius 2 is 1.05 bits per heavy atom. The summed E-state index contributed by atoms with van der Waals surface area (Å²) in [6.45, 7) is -3.34. The second-order valence-corrected chi connectivity index (χ2v) is 25.1. The Morgan fingerprint density at radius 3 is 1.55 bits per heavy atom. The molecule has 4 aliphatic rings. The minimum Gasteiger partial charge on any atom is -0.445 e. The van der Waals surface area contributed by atoms with Gasteiger partial charge in [-0.2, -0.15) is 0 Å². The lowest BCUT2D eigenvalue weighted by molar-refractivity contribution is -0.298. The molecule has 3 aliphatic heterocycles. The zero-order valence-corrected chi connectivity index (χ0v) is 56.9. The van der Waals surface area contributed by atoms with Crippen LogP contribution in [-0.4, -0.2) is 215 Å². The number of nitrogens with one attached hydrogen (secondary N) is 4. The third-order valence-corrected chi connectivity index (χ3v) is 17.6. The fraction of sp³-hybridized carbons (Fsp3) is 0.500. The molecule has 33 nitrogen and oxygen atoms in total. The summed E-state index contributed by atoms with van der Waals surface area (Å²) in [5.74, 6) is -5.76. The van der Waals surface area contributed by atoms with Gasteiger partial charge in [0.1, 0.15) is 75.1 Å². The van der Waals surface area contributed by atoms with Crippen LogP contribution in [0.2, 0.25) is 0 Å². The van der Waals surface area contributed by atoms with Gasteiger partial charge in [0.15, 0.2) is 31.2 Å². The maximum Gasteiger partial charge on any atom is 0.412 e. The minimum atomic E-state index is -4.19. The molecular formula is C70H85F2N11O22. The Kier molecular flexibility index (Phi) is 30.1. The molecule has 5 amide bonds.